The lowest BCUT2D eigenvalue weighted by molar-refractivity contribution is -0.113. The summed E-state index contributed by atoms with van der Waals surface area (Å²) >= 11 is 7.10. The van der Waals surface area contributed by atoms with Gasteiger partial charge in [-0.1, -0.05) is 35.5 Å². The van der Waals surface area contributed by atoms with Crippen LogP contribution < -0.4 is 10.9 Å². The van der Waals surface area contributed by atoms with Crippen molar-refractivity contribution in [3.63, 3.8) is 0 Å². The van der Waals surface area contributed by atoms with Gasteiger partial charge in [0.25, 0.3) is 5.56 Å². The molecule has 1 aliphatic heterocycles. The lowest BCUT2D eigenvalue weighted by Gasteiger charge is -2.27. The highest BCUT2D eigenvalue weighted by molar-refractivity contribution is 7.99. The number of anilines is 1. The normalized spacial score (nSPS) is 13.6. The summed E-state index contributed by atoms with van der Waals surface area (Å²) in [5.74, 6) is -0.539. The third-order valence-corrected chi connectivity index (χ3v) is 6.04. The lowest BCUT2D eigenvalue weighted by atomic mass is 10.1. The van der Waals surface area contributed by atoms with Gasteiger partial charge >= 0.3 is 0 Å². The number of thioether (sulfide) groups is 1. The van der Waals surface area contributed by atoms with Crippen molar-refractivity contribution in [3.8, 4) is 0 Å². The van der Waals surface area contributed by atoms with Crippen LogP contribution in [0.25, 0.3) is 0 Å². The molecule has 3 aromatic rings. The minimum atomic E-state index is -0.366. The second kappa shape index (κ2) is 9.64. The molecule has 0 fully saturated rings. The van der Waals surface area contributed by atoms with Crippen LogP contribution >= 0.6 is 23.4 Å². The highest BCUT2D eigenvalue weighted by atomic mass is 35.5. The van der Waals surface area contributed by atoms with Crippen molar-refractivity contribution in [3.05, 3.63) is 86.5 Å². The zero-order valence-corrected chi connectivity index (χ0v) is 18.1. The van der Waals surface area contributed by atoms with E-state index in [0.717, 1.165) is 36.1 Å². The summed E-state index contributed by atoms with van der Waals surface area (Å²) in [5.41, 5.74) is 2.92. The summed E-state index contributed by atoms with van der Waals surface area (Å²) in [5, 5.41) is 3.81. The second-order valence-electron chi connectivity index (χ2n) is 7.23. The maximum Gasteiger partial charge on any atom is 0.256 e. The average molecular weight is 459 g/mol. The summed E-state index contributed by atoms with van der Waals surface area (Å²) in [6.07, 6.45) is 0.669. The van der Waals surface area contributed by atoms with Crippen LogP contribution in [0.1, 0.15) is 16.8 Å². The second-order valence-corrected chi connectivity index (χ2v) is 8.63. The van der Waals surface area contributed by atoms with Gasteiger partial charge in [0.1, 0.15) is 5.82 Å². The number of aromatic nitrogens is 2. The van der Waals surface area contributed by atoms with Gasteiger partial charge in [0.05, 0.1) is 17.0 Å². The van der Waals surface area contributed by atoms with E-state index in [9.17, 15) is 14.0 Å². The zero-order chi connectivity index (χ0) is 21.8. The first-order valence-corrected chi connectivity index (χ1v) is 11.1. The summed E-state index contributed by atoms with van der Waals surface area (Å²) in [6.45, 7) is 2.05. The standard InChI is InChI=1S/C22H20ClFN4O2S/c23-15-3-1-14(2-4-15)11-28-10-9-19-18(12-28)21(30)27-22(26-19)31-13-20(29)25-17-7-5-16(24)6-8-17/h1-8H,9-13H2,(H,25,29)(H,26,27,30). The Morgan fingerprint density at radius 2 is 1.94 bits per heavy atom. The molecule has 2 aromatic carbocycles. The van der Waals surface area contributed by atoms with Crippen LogP contribution in [0.5, 0.6) is 0 Å². The van der Waals surface area contributed by atoms with E-state index < -0.39 is 0 Å². The summed E-state index contributed by atoms with van der Waals surface area (Å²) in [7, 11) is 0. The Balaban J connectivity index is 1.36. The molecular weight excluding hydrogens is 439 g/mol. The average Bonchev–Trinajstić information content (AvgIpc) is 2.76. The van der Waals surface area contributed by atoms with Crippen molar-refractivity contribution >= 4 is 35.0 Å². The summed E-state index contributed by atoms with van der Waals surface area (Å²) in [6, 6.07) is 13.2. The maximum absolute atomic E-state index is 13.0. The number of rotatable bonds is 6. The van der Waals surface area contributed by atoms with E-state index in [-0.39, 0.29) is 23.0 Å². The van der Waals surface area contributed by atoms with E-state index in [1.54, 1.807) is 0 Å². The number of nitrogens with zero attached hydrogens (tertiary/aromatic N) is 2. The van der Waals surface area contributed by atoms with E-state index in [0.29, 0.717) is 34.4 Å². The number of aromatic amines is 1. The minimum absolute atomic E-state index is 0.0851. The van der Waals surface area contributed by atoms with E-state index in [2.05, 4.69) is 20.2 Å². The van der Waals surface area contributed by atoms with Gasteiger partial charge in [0, 0.05) is 36.8 Å². The largest absolute Gasteiger partial charge is 0.325 e. The Labute approximate surface area is 187 Å². The van der Waals surface area contributed by atoms with Crippen LogP contribution in [0.4, 0.5) is 10.1 Å². The van der Waals surface area contributed by atoms with E-state index in [1.807, 2.05) is 24.3 Å². The third-order valence-electron chi connectivity index (χ3n) is 4.91. The van der Waals surface area contributed by atoms with Crippen LogP contribution in [0.15, 0.2) is 58.5 Å². The predicted octanol–water partition coefficient (Wildman–Crippen LogP) is 3.85. The van der Waals surface area contributed by atoms with Crippen LogP contribution in [-0.2, 0) is 24.3 Å². The summed E-state index contributed by atoms with van der Waals surface area (Å²) < 4.78 is 13.0. The number of benzene rings is 2. The fraction of sp³-hybridized carbons (Fsp3) is 0.227. The number of fused-ring (bicyclic) bond motifs is 1. The van der Waals surface area contributed by atoms with Gasteiger partial charge in [-0.25, -0.2) is 9.37 Å². The molecule has 0 saturated carbocycles. The molecule has 2 heterocycles. The number of hydrogen-bond acceptors (Lipinski definition) is 5. The Kier molecular flexibility index (Phi) is 6.70. The van der Waals surface area contributed by atoms with Crippen LogP contribution in [0.3, 0.4) is 0 Å². The molecule has 4 rings (SSSR count). The number of H-pyrrole nitrogens is 1. The fourth-order valence-corrected chi connectivity index (χ4v) is 4.18. The SMILES string of the molecule is O=C(CSc1nc2c(c(=O)[nH]1)CN(Cc1ccc(Cl)cc1)CC2)Nc1ccc(F)cc1. The Hall–Kier alpha value is -2.68. The molecule has 0 bridgehead atoms. The minimum Gasteiger partial charge on any atom is -0.325 e. The smallest absolute Gasteiger partial charge is 0.256 e. The van der Waals surface area contributed by atoms with E-state index in [1.165, 1.54) is 24.3 Å². The molecule has 9 heteroatoms. The third kappa shape index (κ3) is 5.72. The Morgan fingerprint density at radius 1 is 1.19 bits per heavy atom. The van der Waals surface area contributed by atoms with Gasteiger partial charge in [-0.3, -0.25) is 14.5 Å². The number of nitrogens with one attached hydrogen (secondary N) is 2. The van der Waals surface area contributed by atoms with Crippen molar-refractivity contribution in [2.24, 2.45) is 0 Å². The molecule has 0 spiro atoms. The van der Waals surface area contributed by atoms with Crippen molar-refractivity contribution in [1.82, 2.24) is 14.9 Å². The first kappa shape index (κ1) is 21.5. The molecular formula is C22H20ClFN4O2S. The fourth-order valence-electron chi connectivity index (χ4n) is 3.37. The molecule has 0 radical (unpaired) electrons. The van der Waals surface area contributed by atoms with Crippen LogP contribution in [-0.4, -0.2) is 33.1 Å². The maximum atomic E-state index is 13.0. The number of carbonyl (C=O) groups is 1. The highest BCUT2D eigenvalue weighted by Crippen LogP contribution is 2.20. The first-order chi connectivity index (χ1) is 15.0. The highest BCUT2D eigenvalue weighted by Gasteiger charge is 2.21. The number of hydrogen-bond donors (Lipinski definition) is 2. The lowest BCUT2D eigenvalue weighted by Crippen LogP contribution is -2.35. The predicted molar refractivity (Wildman–Crippen MR) is 120 cm³/mol. The van der Waals surface area contributed by atoms with Crippen LogP contribution in [0.2, 0.25) is 5.02 Å². The zero-order valence-electron chi connectivity index (χ0n) is 16.5. The van der Waals surface area contributed by atoms with Crippen molar-refractivity contribution in [1.29, 1.82) is 0 Å². The monoisotopic (exact) mass is 458 g/mol. The molecule has 0 unspecified atom stereocenters. The summed E-state index contributed by atoms with van der Waals surface area (Å²) in [4.78, 5) is 34.3. The van der Waals surface area contributed by atoms with Gasteiger partial charge in [-0.2, -0.15) is 0 Å². The van der Waals surface area contributed by atoms with E-state index in [4.69, 9.17) is 11.6 Å². The topological polar surface area (TPSA) is 78.1 Å². The van der Waals surface area contributed by atoms with Crippen molar-refractivity contribution in [2.75, 3.05) is 17.6 Å². The molecule has 160 valence electrons. The molecule has 0 aliphatic carbocycles. The van der Waals surface area contributed by atoms with Gasteiger partial charge in [0.15, 0.2) is 5.16 Å². The molecule has 6 nitrogen and oxygen atoms in total. The number of amides is 1. The van der Waals surface area contributed by atoms with Crippen molar-refractivity contribution in [2.45, 2.75) is 24.7 Å². The molecule has 0 atom stereocenters. The Morgan fingerprint density at radius 3 is 2.68 bits per heavy atom. The van der Waals surface area contributed by atoms with Gasteiger partial charge < -0.3 is 10.3 Å². The molecule has 0 saturated heterocycles. The molecule has 1 aromatic heterocycles. The Bertz CT molecular complexity index is 1140. The van der Waals surface area contributed by atoms with E-state index >= 15 is 0 Å². The quantitative estimate of drug-likeness (QED) is 0.433. The van der Waals surface area contributed by atoms with Gasteiger partial charge in [-0.05, 0) is 42.0 Å². The van der Waals surface area contributed by atoms with Crippen molar-refractivity contribution < 1.29 is 9.18 Å². The molecule has 1 aliphatic rings. The van der Waals surface area contributed by atoms with Gasteiger partial charge in [-0.15, -0.1) is 0 Å². The number of carbonyl (C=O) groups excluding carboxylic acids is 1. The van der Waals surface area contributed by atoms with Crippen LogP contribution in [0, 0.1) is 5.82 Å². The first-order valence-electron chi connectivity index (χ1n) is 9.73. The number of halogens is 2. The molecule has 1 amide bonds. The van der Waals surface area contributed by atoms with Gasteiger partial charge in [0.2, 0.25) is 5.91 Å². The molecule has 31 heavy (non-hydrogen) atoms. The molecule has 2 N–H and O–H groups in total.